The molecular weight excluding hydrogens is 262 g/mol. The number of hydrogen-bond acceptors (Lipinski definition) is 2. The minimum Gasteiger partial charge on any atom is -0.453 e. The summed E-state index contributed by atoms with van der Waals surface area (Å²) in [6.07, 6.45) is 1.90. The van der Waals surface area contributed by atoms with Crippen LogP contribution < -0.4 is 5.32 Å². The number of benzene rings is 2. The zero-order valence-corrected chi connectivity index (χ0v) is 12.1. The molecule has 2 rings (SSSR count). The normalized spacial score (nSPS) is 10.7. The summed E-state index contributed by atoms with van der Waals surface area (Å²) in [6.45, 7) is 3.84. The van der Waals surface area contributed by atoms with Gasteiger partial charge < -0.3 is 10.1 Å². The van der Waals surface area contributed by atoms with Crippen LogP contribution in [0.4, 0.5) is 4.79 Å². The van der Waals surface area contributed by atoms with Gasteiger partial charge in [0.25, 0.3) is 0 Å². The van der Waals surface area contributed by atoms with Crippen LogP contribution in [0, 0.1) is 0 Å². The molecule has 21 heavy (non-hydrogen) atoms. The van der Waals surface area contributed by atoms with Crippen molar-refractivity contribution in [2.24, 2.45) is 0 Å². The summed E-state index contributed by atoms with van der Waals surface area (Å²) in [5, 5.41) is 2.98. The third-order valence-electron chi connectivity index (χ3n) is 3.48. The first-order valence-corrected chi connectivity index (χ1v) is 6.81. The number of methoxy groups -OCH3 is 1. The molecule has 0 fully saturated rings. The van der Waals surface area contributed by atoms with E-state index in [0.29, 0.717) is 6.42 Å². The quantitative estimate of drug-likeness (QED) is 0.845. The topological polar surface area (TPSA) is 38.3 Å². The Bertz CT molecular complexity index is 554. The number of carbonyl (C=O) groups excluding carboxylic acids is 1. The molecule has 0 bridgehead atoms. The summed E-state index contributed by atoms with van der Waals surface area (Å²) in [7, 11) is 1.37. The summed E-state index contributed by atoms with van der Waals surface area (Å²) in [5.74, 6) is 0. The summed E-state index contributed by atoms with van der Waals surface area (Å²) in [5.41, 5.74) is 1.29. The fraction of sp³-hybridized carbons (Fsp3) is 0.167. The van der Waals surface area contributed by atoms with Crippen LogP contribution in [0.2, 0.25) is 0 Å². The molecule has 0 saturated heterocycles. The van der Waals surface area contributed by atoms with Gasteiger partial charge in [-0.25, -0.2) is 4.79 Å². The third kappa shape index (κ3) is 3.14. The lowest BCUT2D eigenvalue weighted by Crippen LogP contribution is -2.46. The van der Waals surface area contributed by atoms with Crippen molar-refractivity contribution in [2.45, 2.75) is 12.0 Å². The van der Waals surface area contributed by atoms with Crippen LogP contribution in [-0.4, -0.2) is 13.2 Å². The van der Waals surface area contributed by atoms with Gasteiger partial charge in [-0.1, -0.05) is 66.7 Å². The number of nitrogens with one attached hydrogen (secondary N) is 1. The summed E-state index contributed by atoms with van der Waals surface area (Å²) in [4.78, 5) is 11.9. The molecule has 0 unspecified atom stereocenters. The van der Waals surface area contributed by atoms with Gasteiger partial charge >= 0.3 is 6.09 Å². The fourth-order valence-corrected chi connectivity index (χ4v) is 2.48. The highest BCUT2D eigenvalue weighted by molar-refractivity contribution is 5.70. The molecule has 1 amide bonds. The average Bonchev–Trinajstić information content (AvgIpc) is 2.56. The van der Waals surface area contributed by atoms with Gasteiger partial charge in [0.15, 0.2) is 0 Å². The van der Waals surface area contributed by atoms with E-state index in [1.54, 1.807) is 6.08 Å². The lowest BCUT2D eigenvalue weighted by molar-refractivity contribution is 0.160. The molecule has 2 aromatic rings. The number of carbonyl (C=O) groups is 1. The zero-order valence-electron chi connectivity index (χ0n) is 12.1. The predicted octanol–water partition coefficient (Wildman–Crippen LogP) is 3.86. The first-order chi connectivity index (χ1) is 10.2. The minimum atomic E-state index is -0.683. The molecule has 0 spiro atoms. The molecule has 0 saturated carbocycles. The van der Waals surface area contributed by atoms with Crippen molar-refractivity contribution < 1.29 is 9.53 Å². The second-order valence-corrected chi connectivity index (χ2v) is 4.75. The Morgan fingerprint density at radius 2 is 1.57 bits per heavy atom. The molecular formula is C18H19NO2. The predicted molar refractivity (Wildman–Crippen MR) is 84.0 cm³/mol. The Balaban J connectivity index is 2.59. The maximum absolute atomic E-state index is 11.9. The van der Waals surface area contributed by atoms with Crippen LogP contribution in [-0.2, 0) is 10.3 Å². The molecule has 0 heterocycles. The SMILES string of the molecule is C=CCC(NC(=O)OC)(c1ccccc1)c1ccccc1. The van der Waals surface area contributed by atoms with Crippen molar-refractivity contribution in [3.63, 3.8) is 0 Å². The zero-order chi connectivity index (χ0) is 15.1. The molecule has 3 nitrogen and oxygen atoms in total. The van der Waals surface area contributed by atoms with Gasteiger partial charge in [0.1, 0.15) is 0 Å². The van der Waals surface area contributed by atoms with E-state index in [2.05, 4.69) is 11.9 Å². The number of rotatable bonds is 5. The highest BCUT2D eigenvalue weighted by atomic mass is 16.5. The molecule has 3 heteroatoms. The van der Waals surface area contributed by atoms with Crippen molar-refractivity contribution in [3.05, 3.63) is 84.4 Å². The van der Waals surface area contributed by atoms with Crippen molar-refractivity contribution in [1.82, 2.24) is 5.32 Å². The molecule has 2 aromatic carbocycles. The minimum absolute atomic E-state index is 0.468. The second kappa shape index (κ2) is 6.75. The van der Waals surface area contributed by atoms with E-state index in [0.717, 1.165) is 11.1 Å². The second-order valence-electron chi connectivity index (χ2n) is 4.75. The van der Waals surface area contributed by atoms with Gasteiger partial charge in [0, 0.05) is 0 Å². The summed E-state index contributed by atoms with van der Waals surface area (Å²) < 4.78 is 4.81. The van der Waals surface area contributed by atoms with Crippen molar-refractivity contribution >= 4 is 6.09 Å². The van der Waals surface area contributed by atoms with Crippen LogP contribution in [0.25, 0.3) is 0 Å². The molecule has 0 aliphatic rings. The molecule has 0 aromatic heterocycles. The number of alkyl carbamates (subject to hydrolysis) is 1. The lowest BCUT2D eigenvalue weighted by atomic mass is 9.80. The molecule has 0 aliphatic heterocycles. The van der Waals surface area contributed by atoms with E-state index < -0.39 is 11.6 Å². The Labute approximate surface area is 125 Å². The van der Waals surface area contributed by atoms with Gasteiger partial charge in [0.2, 0.25) is 0 Å². The van der Waals surface area contributed by atoms with Gasteiger partial charge in [-0.05, 0) is 17.5 Å². The van der Waals surface area contributed by atoms with Gasteiger partial charge in [-0.2, -0.15) is 0 Å². The van der Waals surface area contributed by atoms with Crippen LogP contribution >= 0.6 is 0 Å². The highest BCUT2D eigenvalue weighted by Crippen LogP contribution is 2.33. The highest BCUT2D eigenvalue weighted by Gasteiger charge is 2.35. The van der Waals surface area contributed by atoms with Crippen LogP contribution in [0.1, 0.15) is 17.5 Å². The largest absolute Gasteiger partial charge is 0.453 e. The van der Waals surface area contributed by atoms with Crippen molar-refractivity contribution in [1.29, 1.82) is 0 Å². The Hall–Kier alpha value is -2.55. The van der Waals surface area contributed by atoms with Crippen LogP contribution in [0.3, 0.4) is 0 Å². The smallest absolute Gasteiger partial charge is 0.407 e. The fourth-order valence-electron chi connectivity index (χ4n) is 2.48. The molecule has 0 aliphatic carbocycles. The van der Waals surface area contributed by atoms with Gasteiger partial charge in [0.05, 0.1) is 12.6 Å². The Morgan fingerprint density at radius 1 is 1.10 bits per heavy atom. The number of hydrogen-bond donors (Lipinski definition) is 1. The van der Waals surface area contributed by atoms with E-state index in [4.69, 9.17) is 4.74 Å². The van der Waals surface area contributed by atoms with Crippen LogP contribution in [0.15, 0.2) is 73.3 Å². The molecule has 108 valence electrons. The summed E-state index contributed by atoms with van der Waals surface area (Å²) >= 11 is 0. The Morgan fingerprint density at radius 3 is 1.95 bits per heavy atom. The molecule has 0 radical (unpaired) electrons. The maximum Gasteiger partial charge on any atom is 0.407 e. The van der Waals surface area contributed by atoms with E-state index in [1.165, 1.54) is 7.11 Å². The monoisotopic (exact) mass is 281 g/mol. The molecule has 0 atom stereocenters. The average molecular weight is 281 g/mol. The lowest BCUT2D eigenvalue weighted by Gasteiger charge is -2.34. The van der Waals surface area contributed by atoms with E-state index in [-0.39, 0.29) is 0 Å². The maximum atomic E-state index is 11.9. The van der Waals surface area contributed by atoms with Crippen LogP contribution in [0.5, 0.6) is 0 Å². The number of ether oxygens (including phenoxy) is 1. The van der Waals surface area contributed by atoms with E-state index in [1.807, 2.05) is 60.7 Å². The van der Waals surface area contributed by atoms with Crippen molar-refractivity contribution in [3.8, 4) is 0 Å². The third-order valence-corrected chi connectivity index (χ3v) is 3.48. The first kappa shape index (κ1) is 14.9. The first-order valence-electron chi connectivity index (χ1n) is 6.81. The van der Waals surface area contributed by atoms with Gasteiger partial charge in [-0.15, -0.1) is 6.58 Å². The number of amides is 1. The summed E-state index contributed by atoms with van der Waals surface area (Å²) in [6, 6.07) is 19.7. The van der Waals surface area contributed by atoms with E-state index in [9.17, 15) is 4.79 Å². The molecule has 1 N–H and O–H groups in total. The van der Waals surface area contributed by atoms with Gasteiger partial charge in [-0.3, -0.25) is 0 Å². The standard InChI is InChI=1S/C18H19NO2/c1-3-14-18(19-17(20)21-2,15-10-6-4-7-11-15)16-12-8-5-9-13-16/h3-13H,1,14H2,2H3,(H,19,20). The Kier molecular flexibility index (Phi) is 4.77. The van der Waals surface area contributed by atoms with E-state index >= 15 is 0 Å². The van der Waals surface area contributed by atoms with Crippen molar-refractivity contribution in [2.75, 3.05) is 7.11 Å².